The number of halogens is 1. The Balaban J connectivity index is 1.10. The van der Waals surface area contributed by atoms with Gasteiger partial charge in [-0.05, 0) is 79.5 Å². The molecule has 3 aromatic carbocycles. The third kappa shape index (κ3) is 5.33. The van der Waals surface area contributed by atoms with Gasteiger partial charge in [0.25, 0.3) is 5.91 Å². The van der Waals surface area contributed by atoms with E-state index in [0.29, 0.717) is 49.1 Å². The first kappa shape index (κ1) is 25.7. The van der Waals surface area contributed by atoms with Crippen LogP contribution in [0.25, 0.3) is 10.9 Å². The standard InChI is InChI=1S/C33H34ClN3O2/c1-22(28-18-25-6-2-3-7-26(25)19-28)35-32(38)24-14-16-36(17-15-24)33(39)31-20-27-8-4-5-9-30(27)37(31)21-23-10-12-29(34)13-11-23/h2-13,20,22,24,28H,14-19,21H2,1H3,(H,35,38). The molecule has 0 radical (unpaired) electrons. The minimum Gasteiger partial charge on any atom is -0.353 e. The molecule has 1 aliphatic carbocycles. The highest BCUT2D eigenvalue weighted by Crippen LogP contribution is 2.30. The molecule has 2 amide bonds. The van der Waals surface area contributed by atoms with Crippen LogP contribution in [0.15, 0.2) is 78.9 Å². The summed E-state index contributed by atoms with van der Waals surface area (Å²) >= 11 is 6.09. The minimum atomic E-state index is -0.0554. The number of nitrogens with one attached hydrogen (secondary N) is 1. The monoisotopic (exact) mass is 539 g/mol. The molecule has 2 aliphatic rings. The number of likely N-dealkylation sites (tertiary alicyclic amines) is 1. The molecule has 1 atom stereocenters. The summed E-state index contributed by atoms with van der Waals surface area (Å²) in [6.07, 6.45) is 3.42. The molecule has 0 spiro atoms. The Bertz CT molecular complexity index is 1480. The third-order valence-corrected chi connectivity index (χ3v) is 8.85. The van der Waals surface area contributed by atoms with Gasteiger partial charge in [-0.1, -0.05) is 66.2 Å². The summed E-state index contributed by atoms with van der Waals surface area (Å²) in [6.45, 7) is 3.89. The maximum Gasteiger partial charge on any atom is 0.270 e. The van der Waals surface area contributed by atoms with Crippen molar-refractivity contribution in [2.45, 2.75) is 45.2 Å². The number of hydrogen-bond acceptors (Lipinski definition) is 2. The number of carbonyl (C=O) groups excluding carboxylic acids is 2. The Morgan fingerprint density at radius 1 is 0.923 bits per heavy atom. The lowest BCUT2D eigenvalue weighted by molar-refractivity contribution is -0.127. The van der Waals surface area contributed by atoms with Gasteiger partial charge in [-0.15, -0.1) is 0 Å². The van der Waals surface area contributed by atoms with Crippen LogP contribution in [0.2, 0.25) is 5.02 Å². The van der Waals surface area contributed by atoms with Gasteiger partial charge in [-0.3, -0.25) is 9.59 Å². The van der Waals surface area contributed by atoms with Crippen molar-refractivity contribution in [1.29, 1.82) is 0 Å². The van der Waals surface area contributed by atoms with Gasteiger partial charge in [-0.2, -0.15) is 0 Å². The SMILES string of the molecule is CC(NC(=O)C1CCN(C(=O)c2cc3ccccc3n2Cc2ccc(Cl)cc2)CC1)C1Cc2ccccc2C1. The summed E-state index contributed by atoms with van der Waals surface area (Å²) in [6, 6.07) is 26.6. The van der Waals surface area contributed by atoms with Crippen molar-refractivity contribution in [2.24, 2.45) is 11.8 Å². The Kier molecular flexibility index (Phi) is 7.18. The van der Waals surface area contributed by atoms with Gasteiger partial charge in [-0.25, -0.2) is 0 Å². The first-order valence-corrected chi connectivity index (χ1v) is 14.3. The predicted molar refractivity (Wildman–Crippen MR) is 156 cm³/mol. The fourth-order valence-electron chi connectivity index (χ4n) is 6.24. The van der Waals surface area contributed by atoms with Crippen LogP contribution < -0.4 is 5.32 Å². The van der Waals surface area contributed by atoms with E-state index < -0.39 is 0 Å². The summed E-state index contributed by atoms with van der Waals surface area (Å²) in [7, 11) is 0. The molecule has 6 heteroatoms. The smallest absolute Gasteiger partial charge is 0.270 e. The van der Waals surface area contributed by atoms with Crippen LogP contribution in [-0.4, -0.2) is 40.4 Å². The molecular weight excluding hydrogens is 506 g/mol. The number of benzene rings is 3. The van der Waals surface area contributed by atoms with Crippen molar-refractivity contribution in [3.8, 4) is 0 Å². The van der Waals surface area contributed by atoms with E-state index in [-0.39, 0.29) is 23.8 Å². The molecule has 1 unspecified atom stereocenters. The topological polar surface area (TPSA) is 54.3 Å². The summed E-state index contributed by atoms with van der Waals surface area (Å²) < 4.78 is 2.10. The number of piperidine rings is 1. The maximum atomic E-state index is 13.8. The number of fused-ring (bicyclic) bond motifs is 2. The lowest BCUT2D eigenvalue weighted by Gasteiger charge is -2.32. The summed E-state index contributed by atoms with van der Waals surface area (Å²) in [5, 5.41) is 5.05. The molecule has 1 N–H and O–H groups in total. The zero-order chi connectivity index (χ0) is 26.9. The number of hydrogen-bond donors (Lipinski definition) is 1. The van der Waals surface area contributed by atoms with E-state index in [1.54, 1.807) is 0 Å². The molecule has 1 aliphatic heterocycles. The van der Waals surface area contributed by atoms with E-state index in [9.17, 15) is 9.59 Å². The van der Waals surface area contributed by atoms with E-state index in [0.717, 1.165) is 29.3 Å². The quantitative estimate of drug-likeness (QED) is 0.321. The first-order chi connectivity index (χ1) is 19.0. The second-order valence-corrected chi connectivity index (χ2v) is 11.5. The molecule has 4 aromatic rings. The Morgan fingerprint density at radius 3 is 2.26 bits per heavy atom. The molecule has 0 bridgehead atoms. The van der Waals surface area contributed by atoms with E-state index >= 15 is 0 Å². The largest absolute Gasteiger partial charge is 0.353 e. The average Bonchev–Trinajstić information content (AvgIpc) is 3.56. The highest BCUT2D eigenvalue weighted by atomic mass is 35.5. The number of para-hydroxylation sites is 1. The molecular formula is C33H34ClN3O2. The van der Waals surface area contributed by atoms with Crippen LogP contribution in [-0.2, 0) is 24.2 Å². The first-order valence-electron chi connectivity index (χ1n) is 14.0. The van der Waals surface area contributed by atoms with Crippen LogP contribution in [0.3, 0.4) is 0 Å². The number of rotatable bonds is 6. The number of nitrogens with zero attached hydrogens (tertiary/aromatic N) is 2. The van der Waals surface area contributed by atoms with E-state index in [1.165, 1.54) is 11.1 Å². The highest BCUT2D eigenvalue weighted by molar-refractivity contribution is 6.30. The number of carbonyl (C=O) groups is 2. The van der Waals surface area contributed by atoms with E-state index in [1.807, 2.05) is 53.4 Å². The third-order valence-electron chi connectivity index (χ3n) is 8.60. The number of aromatic nitrogens is 1. The van der Waals surface area contributed by atoms with Gasteiger partial charge in [0, 0.05) is 47.5 Å². The molecule has 0 saturated carbocycles. The van der Waals surface area contributed by atoms with E-state index in [4.69, 9.17) is 11.6 Å². The zero-order valence-corrected chi connectivity index (χ0v) is 23.0. The fourth-order valence-corrected chi connectivity index (χ4v) is 6.37. The zero-order valence-electron chi connectivity index (χ0n) is 22.3. The second kappa shape index (κ2) is 10.9. The molecule has 1 fully saturated rings. The lowest BCUT2D eigenvalue weighted by atomic mass is 9.93. The molecule has 1 aromatic heterocycles. The van der Waals surface area contributed by atoms with Crippen LogP contribution in [0, 0.1) is 11.8 Å². The fraction of sp³-hybridized carbons (Fsp3) is 0.333. The molecule has 39 heavy (non-hydrogen) atoms. The minimum absolute atomic E-state index is 0.0242. The summed E-state index contributed by atoms with van der Waals surface area (Å²) in [4.78, 5) is 28.8. The Labute approximate surface area is 234 Å². The highest BCUT2D eigenvalue weighted by Gasteiger charge is 2.32. The molecule has 5 nitrogen and oxygen atoms in total. The van der Waals surface area contributed by atoms with Gasteiger partial charge in [0.2, 0.25) is 5.91 Å². The normalized spacial score (nSPS) is 16.8. The van der Waals surface area contributed by atoms with Crippen LogP contribution in [0.4, 0.5) is 0 Å². The van der Waals surface area contributed by atoms with Gasteiger partial charge in [0.1, 0.15) is 5.69 Å². The van der Waals surface area contributed by atoms with Crippen molar-refractivity contribution >= 4 is 34.3 Å². The predicted octanol–water partition coefficient (Wildman–Crippen LogP) is 6.11. The lowest BCUT2D eigenvalue weighted by Crippen LogP contribution is -2.46. The van der Waals surface area contributed by atoms with Crippen molar-refractivity contribution in [3.05, 3.63) is 106 Å². The molecule has 6 rings (SSSR count). The number of amides is 2. The Morgan fingerprint density at radius 2 is 1.56 bits per heavy atom. The van der Waals surface area contributed by atoms with Crippen molar-refractivity contribution in [3.63, 3.8) is 0 Å². The van der Waals surface area contributed by atoms with Crippen LogP contribution >= 0.6 is 11.6 Å². The molecule has 1 saturated heterocycles. The van der Waals surface area contributed by atoms with E-state index in [2.05, 4.69) is 47.1 Å². The summed E-state index contributed by atoms with van der Waals surface area (Å²) in [5.74, 6) is 0.536. The van der Waals surface area contributed by atoms with Crippen molar-refractivity contribution in [1.82, 2.24) is 14.8 Å². The molecule has 200 valence electrons. The van der Waals surface area contributed by atoms with Gasteiger partial charge >= 0.3 is 0 Å². The van der Waals surface area contributed by atoms with Crippen LogP contribution in [0.5, 0.6) is 0 Å². The van der Waals surface area contributed by atoms with Crippen LogP contribution in [0.1, 0.15) is 46.9 Å². The van der Waals surface area contributed by atoms with Gasteiger partial charge in [0.05, 0.1) is 0 Å². The molecule has 2 heterocycles. The average molecular weight is 540 g/mol. The Hall–Kier alpha value is -3.57. The summed E-state index contributed by atoms with van der Waals surface area (Å²) in [5.41, 5.74) is 5.62. The van der Waals surface area contributed by atoms with Gasteiger partial charge < -0.3 is 14.8 Å². The second-order valence-electron chi connectivity index (χ2n) is 11.1. The maximum absolute atomic E-state index is 13.8. The van der Waals surface area contributed by atoms with Crippen molar-refractivity contribution < 1.29 is 9.59 Å². The van der Waals surface area contributed by atoms with Crippen molar-refractivity contribution in [2.75, 3.05) is 13.1 Å². The van der Waals surface area contributed by atoms with Gasteiger partial charge in [0.15, 0.2) is 0 Å².